The van der Waals surface area contributed by atoms with Crippen molar-refractivity contribution >= 4 is 17.7 Å². The summed E-state index contributed by atoms with van der Waals surface area (Å²) in [6.45, 7) is 0.261. The SMILES string of the molecule is C(=N\Nc1ccc2nncn2n1)/c1ccc2c(c1)OCO2. The van der Waals surface area contributed by atoms with Gasteiger partial charge < -0.3 is 9.47 Å². The summed E-state index contributed by atoms with van der Waals surface area (Å²) in [5.74, 6) is 2.07. The lowest BCUT2D eigenvalue weighted by Crippen LogP contribution is -1.98. The van der Waals surface area contributed by atoms with Crippen molar-refractivity contribution in [3.8, 4) is 11.5 Å². The fourth-order valence-corrected chi connectivity index (χ4v) is 1.95. The lowest BCUT2D eigenvalue weighted by molar-refractivity contribution is 0.174. The number of nitrogens with one attached hydrogen (secondary N) is 1. The van der Waals surface area contributed by atoms with Gasteiger partial charge in [-0.3, -0.25) is 5.43 Å². The molecule has 0 radical (unpaired) electrons. The Kier molecular flexibility index (Phi) is 2.63. The summed E-state index contributed by atoms with van der Waals surface area (Å²) in [5.41, 5.74) is 4.43. The number of aromatic nitrogens is 4. The molecule has 4 rings (SSSR count). The van der Waals surface area contributed by atoms with Gasteiger partial charge in [0, 0.05) is 0 Å². The van der Waals surface area contributed by atoms with Gasteiger partial charge in [-0.2, -0.15) is 9.62 Å². The standard InChI is InChI=1S/C13H10N6O2/c1-2-10-11(21-8-20-10)5-9(1)6-14-16-12-3-4-13-17-15-7-19(13)18-12/h1-7H,8H2,(H,16,18)/b14-6+. The Morgan fingerprint density at radius 2 is 2.14 bits per heavy atom. The summed E-state index contributed by atoms with van der Waals surface area (Å²) in [4.78, 5) is 0. The molecule has 0 saturated heterocycles. The summed E-state index contributed by atoms with van der Waals surface area (Å²) in [6.07, 6.45) is 3.21. The third-order valence-electron chi connectivity index (χ3n) is 2.95. The predicted molar refractivity (Wildman–Crippen MR) is 74.6 cm³/mol. The van der Waals surface area contributed by atoms with Crippen LogP contribution in [0.25, 0.3) is 5.65 Å². The average Bonchev–Trinajstić information content (AvgIpc) is 3.14. The molecule has 8 heteroatoms. The molecule has 1 aliphatic rings. The smallest absolute Gasteiger partial charge is 0.231 e. The van der Waals surface area contributed by atoms with E-state index in [1.54, 1.807) is 22.9 Å². The predicted octanol–water partition coefficient (Wildman–Crippen LogP) is 1.30. The van der Waals surface area contributed by atoms with E-state index in [1.807, 2.05) is 18.2 Å². The number of ether oxygens (including phenoxy) is 2. The van der Waals surface area contributed by atoms with Gasteiger partial charge in [0.1, 0.15) is 6.33 Å². The zero-order valence-corrected chi connectivity index (χ0v) is 10.8. The van der Waals surface area contributed by atoms with E-state index in [2.05, 4.69) is 25.8 Å². The third kappa shape index (κ3) is 2.22. The molecule has 2 aromatic heterocycles. The lowest BCUT2D eigenvalue weighted by Gasteiger charge is -2.00. The van der Waals surface area contributed by atoms with Gasteiger partial charge in [0.2, 0.25) is 6.79 Å². The zero-order valence-electron chi connectivity index (χ0n) is 10.8. The van der Waals surface area contributed by atoms with Crippen LogP contribution in [0.5, 0.6) is 11.5 Å². The highest BCUT2D eigenvalue weighted by molar-refractivity contribution is 5.81. The fourth-order valence-electron chi connectivity index (χ4n) is 1.95. The van der Waals surface area contributed by atoms with E-state index in [0.717, 1.165) is 17.1 Å². The normalized spacial score (nSPS) is 13.1. The van der Waals surface area contributed by atoms with Crippen molar-refractivity contribution in [1.82, 2.24) is 19.8 Å². The van der Waals surface area contributed by atoms with Gasteiger partial charge >= 0.3 is 0 Å². The van der Waals surface area contributed by atoms with E-state index in [4.69, 9.17) is 9.47 Å². The molecule has 21 heavy (non-hydrogen) atoms. The lowest BCUT2D eigenvalue weighted by atomic mass is 10.2. The number of anilines is 1. The summed E-state index contributed by atoms with van der Waals surface area (Å²) in [5, 5.41) is 16.0. The van der Waals surface area contributed by atoms with Crippen molar-refractivity contribution < 1.29 is 9.47 Å². The largest absolute Gasteiger partial charge is 0.454 e. The fraction of sp³-hybridized carbons (Fsp3) is 0.0769. The van der Waals surface area contributed by atoms with Crippen molar-refractivity contribution in [1.29, 1.82) is 0 Å². The molecule has 0 spiro atoms. The molecule has 0 saturated carbocycles. The van der Waals surface area contributed by atoms with Crippen molar-refractivity contribution in [2.45, 2.75) is 0 Å². The van der Waals surface area contributed by atoms with Crippen molar-refractivity contribution in [3.63, 3.8) is 0 Å². The number of rotatable bonds is 3. The second-order valence-electron chi connectivity index (χ2n) is 4.33. The van der Waals surface area contributed by atoms with Crippen LogP contribution in [0.1, 0.15) is 5.56 Å². The van der Waals surface area contributed by atoms with Crippen LogP contribution in [-0.2, 0) is 0 Å². The van der Waals surface area contributed by atoms with E-state index in [-0.39, 0.29) is 6.79 Å². The maximum atomic E-state index is 5.31. The van der Waals surface area contributed by atoms with E-state index in [1.165, 1.54) is 6.33 Å². The van der Waals surface area contributed by atoms with Gasteiger partial charge in [-0.05, 0) is 35.9 Å². The molecule has 3 aromatic rings. The maximum Gasteiger partial charge on any atom is 0.231 e. The van der Waals surface area contributed by atoms with Crippen LogP contribution in [0.4, 0.5) is 5.82 Å². The summed E-state index contributed by atoms with van der Waals surface area (Å²) in [6, 6.07) is 9.20. The second kappa shape index (κ2) is 4.75. The molecule has 3 heterocycles. The maximum absolute atomic E-state index is 5.31. The quantitative estimate of drug-likeness (QED) is 0.575. The topological polar surface area (TPSA) is 85.9 Å². The average molecular weight is 282 g/mol. The molecule has 0 unspecified atom stereocenters. The van der Waals surface area contributed by atoms with Gasteiger partial charge in [0.05, 0.1) is 6.21 Å². The minimum absolute atomic E-state index is 0.261. The highest BCUT2D eigenvalue weighted by Crippen LogP contribution is 2.31. The third-order valence-corrected chi connectivity index (χ3v) is 2.95. The first-order chi connectivity index (χ1) is 10.4. The molecule has 1 aromatic carbocycles. The Bertz CT molecular complexity index is 828. The molecular weight excluding hydrogens is 272 g/mol. The number of hydrogen-bond acceptors (Lipinski definition) is 7. The molecule has 0 aliphatic carbocycles. The summed E-state index contributed by atoms with van der Waals surface area (Å²) in [7, 11) is 0. The van der Waals surface area contributed by atoms with Gasteiger partial charge in [-0.25, -0.2) is 0 Å². The second-order valence-corrected chi connectivity index (χ2v) is 4.33. The number of nitrogens with zero attached hydrogens (tertiary/aromatic N) is 5. The van der Waals surface area contributed by atoms with Crippen LogP contribution in [0.3, 0.4) is 0 Å². The van der Waals surface area contributed by atoms with E-state index < -0.39 is 0 Å². The molecule has 0 fully saturated rings. The first-order valence-corrected chi connectivity index (χ1v) is 6.24. The molecule has 1 aliphatic heterocycles. The summed E-state index contributed by atoms with van der Waals surface area (Å²) < 4.78 is 12.1. The molecule has 0 atom stereocenters. The Morgan fingerprint density at radius 1 is 1.19 bits per heavy atom. The number of hydrazone groups is 1. The van der Waals surface area contributed by atoms with E-state index in [0.29, 0.717) is 11.5 Å². The van der Waals surface area contributed by atoms with Crippen LogP contribution in [0.2, 0.25) is 0 Å². The molecule has 8 nitrogen and oxygen atoms in total. The van der Waals surface area contributed by atoms with Crippen LogP contribution < -0.4 is 14.9 Å². The van der Waals surface area contributed by atoms with Gasteiger partial charge in [0.15, 0.2) is 23.0 Å². The monoisotopic (exact) mass is 282 g/mol. The minimum atomic E-state index is 0.261. The van der Waals surface area contributed by atoms with Gasteiger partial charge in [-0.1, -0.05) is 0 Å². The first kappa shape index (κ1) is 11.6. The Hall–Kier alpha value is -3.16. The Labute approximate surface area is 119 Å². The van der Waals surface area contributed by atoms with Crippen LogP contribution >= 0.6 is 0 Å². The summed E-state index contributed by atoms with van der Waals surface area (Å²) >= 11 is 0. The van der Waals surface area contributed by atoms with Crippen molar-refractivity contribution in [2.75, 3.05) is 12.2 Å². The molecular formula is C13H10N6O2. The Morgan fingerprint density at radius 3 is 3.14 bits per heavy atom. The van der Waals surface area contributed by atoms with Gasteiger partial charge in [-0.15, -0.1) is 15.3 Å². The zero-order chi connectivity index (χ0) is 14.1. The van der Waals surface area contributed by atoms with Crippen molar-refractivity contribution in [2.24, 2.45) is 5.10 Å². The molecule has 1 N–H and O–H groups in total. The number of benzene rings is 1. The number of hydrogen-bond donors (Lipinski definition) is 1. The van der Waals surface area contributed by atoms with Gasteiger partial charge in [0.25, 0.3) is 0 Å². The Balaban J connectivity index is 1.50. The van der Waals surface area contributed by atoms with E-state index >= 15 is 0 Å². The van der Waals surface area contributed by atoms with E-state index in [9.17, 15) is 0 Å². The molecule has 104 valence electrons. The highest BCUT2D eigenvalue weighted by atomic mass is 16.7. The van der Waals surface area contributed by atoms with Crippen LogP contribution in [0.15, 0.2) is 41.8 Å². The molecule has 0 bridgehead atoms. The number of fused-ring (bicyclic) bond motifs is 2. The molecule has 0 amide bonds. The van der Waals surface area contributed by atoms with Crippen LogP contribution in [0, 0.1) is 0 Å². The first-order valence-electron chi connectivity index (χ1n) is 6.24. The van der Waals surface area contributed by atoms with Crippen LogP contribution in [-0.4, -0.2) is 32.8 Å². The minimum Gasteiger partial charge on any atom is -0.454 e. The van der Waals surface area contributed by atoms with Crippen molar-refractivity contribution in [3.05, 3.63) is 42.2 Å². The highest BCUT2D eigenvalue weighted by Gasteiger charge is 2.12.